The van der Waals surface area contributed by atoms with Crippen LogP contribution in [0.15, 0.2) is 36.4 Å². The van der Waals surface area contributed by atoms with Crippen LogP contribution in [0.3, 0.4) is 0 Å². The zero-order chi connectivity index (χ0) is 21.3. The van der Waals surface area contributed by atoms with Gasteiger partial charge in [-0.1, -0.05) is 50.9 Å². The van der Waals surface area contributed by atoms with E-state index in [1.165, 1.54) is 43.5 Å². The predicted molar refractivity (Wildman–Crippen MR) is 103 cm³/mol. The lowest BCUT2D eigenvalue weighted by Gasteiger charge is -2.08. The molecule has 2 aromatic carbocycles. The van der Waals surface area contributed by atoms with E-state index in [1.54, 1.807) is 0 Å². The topological polar surface area (TPSA) is 9.23 Å². The minimum atomic E-state index is -4.78. The number of unbranched alkanes of at least 4 members (excludes halogenated alkanes) is 5. The van der Waals surface area contributed by atoms with Crippen LogP contribution in [-0.2, 0) is 6.42 Å². The average Bonchev–Trinajstić information content (AvgIpc) is 2.64. The Kier molecular flexibility index (Phi) is 8.50. The van der Waals surface area contributed by atoms with E-state index >= 15 is 0 Å². The second-order valence-electron chi connectivity index (χ2n) is 6.77. The lowest BCUT2D eigenvalue weighted by molar-refractivity contribution is -0.274. The van der Waals surface area contributed by atoms with Crippen LogP contribution in [0, 0.1) is 23.5 Å². The van der Waals surface area contributed by atoms with Gasteiger partial charge >= 0.3 is 6.36 Å². The van der Waals surface area contributed by atoms with Crippen LogP contribution in [0.1, 0.15) is 62.1 Å². The molecular formula is C23H23F5O. The zero-order valence-electron chi connectivity index (χ0n) is 16.2. The molecule has 0 fully saturated rings. The van der Waals surface area contributed by atoms with Gasteiger partial charge < -0.3 is 4.74 Å². The van der Waals surface area contributed by atoms with Gasteiger partial charge in [0.2, 0.25) is 0 Å². The summed E-state index contributed by atoms with van der Waals surface area (Å²) in [6.45, 7) is 2.15. The number of ether oxygens (including phenoxy) is 1. The third-order valence-electron chi connectivity index (χ3n) is 4.34. The minimum Gasteiger partial charge on any atom is -0.406 e. The summed E-state index contributed by atoms with van der Waals surface area (Å²) in [7, 11) is 0. The molecule has 0 heterocycles. The summed E-state index contributed by atoms with van der Waals surface area (Å²) in [5.41, 5.74) is 0.552. The molecule has 0 atom stereocenters. The Hall–Kier alpha value is -2.55. The third kappa shape index (κ3) is 8.15. The number of alkyl halides is 3. The molecule has 6 heteroatoms. The van der Waals surface area contributed by atoms with E-state index in [-0.39, 0.29) is 11.3 Å². The van der Waals surface area contributed by atoms with Gasteiger partial charge in [-0.2, -0.15) is 0 Å². The standard InChI is InChI=1S/C23H23F5O/c1-2-3-4-5-6-7-8-18-15-21(24)20(22(25)16-18)14-11-17-9-12-19(13-10-17)29-23(26,27)28/h9-10,12-13,15-16H,2-8H2,1H3. The molecule has 2 aromatic rings. The Morgan fingerprint density at radius 3 is 2.00 bits per heavy atom. The summed E-state index contributed by atoms with van der Waals surface area (Å²) in [5, 5.41) is 0. The fraction of sp³-hybridized carbons (Fsp3) is 0.391. The summed E-state index contributed by atoms with van der Waals surface area (Å²) in [6, 6.07) is 7.34. The minimum absolute atomic E-state index is 0.314. The molecule has 0 N–H and O–H groups in total. The molecule has 0 saturated carbocycles. The molecular weight excluding hydrogens is 387 g/mol. The molecule has 0 radical (unpaired) electrons. The molecule has 0 saturated heterocycles. The molecule has 0 aromatic heterocycles. The Morgan fingerprint density at radius 2 is 1.41 bits per heavy atom. The molecule has 0 unspecified atom stereocenters. The van der Waals surface area contributed by atoms with E-state index < -0.39 is 18.0 Å². The predicted octanol–water partition coefficient (Wildman–Crippen LogP) is 7.17. The first-order chi connectivity index (χ1) is 13.8. The maximum absolute atomic E-state index is 14.3. The average molecular weight is 410 g/mol. The fourth-order valence-corrected chi connectivity index (χ4v) is 2.87. The van der Waals surface area contributed by atoms with Gasteiger partial charge in [-0.15, -0.1) is 13.2 Å². The molecule has 156 valence electrons. The summed E-state index contributed by atoms with van der Waals surface area (Å²) < 4.78 is 68.7. The molecule has 0 aliphatic heterocycles. The van der Waals surface area contributed by atoms with Crippen molar-refractivity contribution >= 4 is 0 Å². The Morgan fingerprint density at radius 1 is 0.828 bits per heavy atom. The van der Waals surface area contributed by atoms with Crippen molar-refractivity contribution in [2.24, 2.45) is 0 Å². The maximum Gasteiger partial charge on any atom is 0.573 e. The van der Waals surface area contributed by atoms with Crippen LogP contribution in [0.25, 0.3) is 0 Å². The molecule has 2 rings (SSSR count). The fourth-order valence-electron chi connectivity index (χ4n) is 2.87. The van der Waals surface area contributed by atoms with Gasteiger partial charge in [0.05, 0.1) is 5.56 Å². The van der Waals surface area contributed by atoms with Gasteiger partial charge in [0, 0.05) is 5.56 Å². The largest absolute Gasteiger partial charge is 0.573 e. The Balaban J connectivity index is 1.99. The van der Waals surface area contributed by atoms with Gasteiger partial charge in [-0.05, 0) is 54.8 Å². The van der Waals surface area contributed by atoms with Gasteiger partial charge in [0.1, 0.15) is 17.4 Å². The van der Waals surface area contributed by atoms with Gasteiger partial charge in [-0.25, -0.2) is 8.78 Å². The summed E-state index contributed by atoms with van der Waals surface area (Å²) in [4.78, 5) is 0. The highest BCUT2D eigenvalue weighted by Crippen LogP contribution is 2.23. The zero-order valence-corrected chi connectivity index (χ0v) is 16.2. The number of hydrogen-bond acceptors (Lipinski definition) is 1. The first-order valence-corrected chi connectivity index (χ1v) is 9.64. The normalized spacial score (nSPS) is 11.1. The second kappa shape index (κ2) is 10.8. The number of rotatable bonds is 8. The van der Waals surface area contributed by atoms with Crippen molar-refractivity contribution in [1.82, 2.24) is 0 Å². The third-order valence-corrected chi connectivity index (χ3v) is 4.34. The highest BCUT2D eigenvalue weighted by atomic mass is 19.4. The highest BCUT2D eigenvalue weighted by Gasteiger charge is 2.30. The maximum atomic E-state index is 14.3. The molecule has 29 heavy (non-hydrogen) atoms. The lowest BCUT2D eigenvalue weighted by Crippen LogP contribution is -2.16. The SMILES string of the molecule is CCCCCCCCc1cc(F)c(C#Cc2ccc(OC(F)(F)F)cc2)c(F)c1. The van der Waals surface area contributed by atoms with Crippen LogP contribution >= 0.6 is 0 Å². The van der Waals surface area contributed by atoms with E-state index in [0.29, 0.717) is 17.5 Å². The summed E-state index contributed by atoms with van der Waals surface area (Å²) in [5.74, 6) is 3.11. The number of benzene rings is 2. The first kappa shape index (κ1) is 22.7. The van der Waals surface area contributed by atoms with Crippen LogP contribution in [0.5, 0.6) is 5.75 Å². The Labute approximate surface area is 167 Å². The molecule has 0 aliphatic carbocycles. The van der Waals surface area contributed by atoms with Crippen molar-refractivity contribution in [3.05, 3.63) is 64.7 Å². The number of aryl methyl sites for hydroxylation is 1. The van der Waals surface area contributed by atoms with Gasteiger partial charge in [0.25, 0.3) is 0 Å². The molecule has 0 aliphatic rings. The number of hydrogen-bond donors (Lipinski definition) is 0. The van der Waals surface area contributed by atoms with E-state index in [1.807, 2.05) is 0 Å². The Bertz CT molecular complexity index is 821. The van der Waals surface area contributed by atoms with E-state index in [4.69, 9.17) is 0 Å². The highest BCUT2D eigenvalue weighted by molar-refractivity contribution is 5.46. The number of halogens is 5. The first-order valence-electron chi connectivity index (χ1n) is 9.64. The smallest absolute Gasteiger partial charge is 0.406 e. The van der Waals surface area contributed by atoms with Crippen LogP contribution in [-0.4, -0.2) is 6.36 Å². The molecule has 0 bridgehead atoms. The van der Waals surface area contributed by atoms with Gasteiger partial charge in [0.15, 0.2) is 0 Å². The molecule has 0 amide bonds. The van der Waals surface area contributed by atoms with Crippen molar-refractivity contribution < 1.29 is 26.7 Å². The summed E-state index contributed by atoms with van der Waals surface area (Å²) >= 11 is 0. The van der Waals surface area contributed by atoms with Crippen molar-refractivity contribution in [3.8, 4) is 17.6 Å². The van der Waals surface area contributed by atoms with E-state index in [0.717, 1.165) is 31.4 Å². The quantitative estimate of drug-likeness (QED) is 0.255. The molecule has 0 spiro atoms. The van der Waals surface area contributed by atoms with Crippen molar-refractivity contribution in [2.75, 3.05) is 0 Å². The van der Waals surface area contributed by atoms with E-state index in [2.05, 4.69) is 23.5 Å². The van der Waals surface area contributed by atoms with Crippen LogP contribution in [0.4, 0.5) is 22.0 Å². The van der Waals surface area contributed by atoms with Crippen LogP contribution < -0.4 is 4.74 Å². The van der Waals surface area contributed by atoms with Crippen LogP contribution in [0.2, 0.25) is 0 Å². The van der Waals surface area contributed by atoms with Gasteiger partial charge in [-0.3, -0.25) is 0 Å². The lowest BCUT2D eigenvalue weighted by atomic mass is 10.0. The van der Waals surface area contributed by atoms with Crippen molar-refractivity contribution in [1.29, 1.82) is 0 Å². The second-order valence-corrected chi connectivity index (χ2v) is 6.77. The van der Waals surface area contributed by atoms with Crippen molar-refractivity contribution in [2.45, 2.75) is 58.2 Å². The summed E-state index contributed by atoms with van der Waals surface area (Å²) in [6.07, 6.45) is 2.40. The monoisotopic (exact) mass is 410 g/mol. The molecule has 1 nitrogen and oxygen atoms in total. The van der Waals surface area contributed by atoms with E-state index in [9.17, 15) is 22.0 Å². The van der Waals surface area contributed by atoms with Crippen molar-refractivity contribution in [3.63, 3.8) is 0 Å².